The molecule has 0 aliphatic carbocycles. The molecular formula is C19H42O3Si. The molecule has 0 aromatic heterocycles. The maximum absolute atomic E-state index is 5.97. The molecule has 3 nitrogen and oxygen atoms in total. The lowest BCUT2D eigenvalue weighted by Gasteiger charge is -2.37. The van der Waals surface area contributed by atoms with Gasteiger partial charge in [-0.2, -0.15) is 0 Å². The number of hydrogen-bond acceptors (Lipinski definition) is 3. The van der Waals surface area contributed by atoms with E-state index in [0.717, 1.165) is 23.3 Å². The first-order valence-electron chi connectivity index (χ1n) is 10.0. The molecule has 4 heteroatoms. The van der Waals surface area contributed by atoms with Crippen molar-refractivity contribution in [3.05, 3.63) is 0 Å². The number of hydrogen-bond donors (Lipinski definition) is 0. The fourth-order valence-corrected chi connectivity index (χ4v) is 4.17. The van der Waals surface area contributed by atoms with Gasteiger partial charge in [0.25, 0.3) is 0 Å². The smallest absolute Gasteiger partial charge is 0.166 e. The van der Waals surface area contributed by atoms with Gasteiger partial charge >= 0.3 is 0 Å². The molecule has 0 aliphatic rings. The first-order chi connectivity index (χ1) is 11.1. The largest absolute Gasteiger partial charge is 0.373 e. The second kappa shape index (κ2) is 15.6. The van der Waals surface area contributed by atoms with Gasteiger partial charge in [-0.1, -0.05) is 64.7 Å². The summed E-state index contributed by atoms with van der Waals surface area (Å²) in [5.41, 5.74) is -0.473. The molecule has 0 aliphatic heterocycles. The van der Waals surface area contributed by atoms with Crippen molar-refractivity contribution in [2.45, 2.75) is 103 Å². The summed E-state index contributed by atoms with van der Waals surface area (Å²) in [7, 11) is 0.837. The zero-order valence-corrected chi connectivity index (χ0v) is 18.5. The van der Waals surface area contributed by atoms with Gasteiger partial charge in [0.1, 0.15) is 6.10 Å². The third-order valence-corrected chi connectivity index (χ3v) is 5.61. The second-order valence-corrected chi connectivity index (χ2v) is 7.84. The molecule has 0 amide bonds. The molecule has 0 heterocycles. The molecule has 0 bridgehead atoms. The van der Waals surface area contributed by atoms with Crippen molar-refractivity contribution in [2.75, 3.05) is 19.8 Å². The lowest BCUT2D eigenvalue weighted by Crippen LogP contribution is -2.49. The van der Waals surface area contributed by atoms with E-state index in [2.05, 4.69) is 13.8 Å². The Balaban J connectivity index is 3.98. The van der Waals surface area contributed by atoms with Crippen LogP contribution < -0.4 is 0 Å². The van der Waals surface area contributed by atoms with Crippen LogP contribution in [0.5, 0.6) is 0 Å². The van der Waals surface area contributed by atoms with Crippen LogP contribution in [0.3, 0.4) is 0 Å². The Hall–Kier alpha value is 0.0969. The fraction of sp³-hybridized carbons (Fsp3) is 1.00. The Morgan fingerprint density at radius 2 is 1.17 bits per heavy atom. The summed E-state index contributed by atoms with van der Waals surface area (Å²) in [6, 6.07) is 0. The highest BCUT2D eigenvalue weighted by molar-refractivity contribution is 6.13. The van der Waals surface area contributed by atoms with Gasteiger partial charge in [0, 0.05) is 19.8 Å². The maximum Gasteiger partial charge on any atom is 0.166 e. The quantitative estimate of drug-likeness (QED) is 0.222. The molecule has 1 atom stereocenters. The van der Waals surface area contributed by atoms with Crippen molar-refractivity contribution in [1.29, 1.82) is 0 Å². The summed E-state index contributed by atoms with van der Waals surface area (Å²) in [5.74, 6) is 0. The van der Waals surface area contributed by atoms with Gasteiger partial charge in [-0.15, -0.1) is 0 Å². The molecule has 23 heavy (non-hydrogen) atoms. The predicted octanol–water partition coefficient (Wildman–Crippen LogP) is 4.40. The summed E-state index contributed by atoms with van der Waals surface area (Å²) in [6.07, 6.45) is 13.3. The SMILES string of the molecule is CCCCCCCCCCCC(OCC)C([SiH3])(OCC)OCC. The molecule has 0 radical (unpaired) electrons. The van der Waals surface area contributed by atoms with Gasteiger partial charge in [-0.05, 0) is 27.2 Å². The van der Waals surface area contributed by atoms with E-state index in [1.54, 1.807) is 0 Å². The van der Waals surface area contributed by atoms with Crippen LogP contribution in [-0.2, 0) is 14.2 Å². The minimum Gasteiger partial charge on any atom is -0.373 e. The summed E-state index contributed by atoms with van der Waals surface area (Å²) in [6.45, 7) is 10.5. The Bertz CT molecular complexity index is 243. The lowest BCUT2D eigenvalue weighted by molar-refractivity contribution is -0.237. The van der Waals surface area contributed by atoms with Gasteiger partial charge in [0.2, 0.25) is 0 Å². The minimum atomic E-state index is -0.473. The average Bonchev–Trinajstić information content (AvgIpc) is 2.52. The third kappa shape index (κ3) is 11.3. The molecular weight excluding hydrogens is 304 g/mol. The van der Waals surface area contributed by atoms with E-state index in [0.29, 0.717) is 13.2 Å². The van der Waals surface area contributed by atoms with Gasteiger partial charge in [0.15, 0.2) is 5.41 Å². The molecule has 0 aromatic rings. The molecule has 0 spiro atoms. The first-order valence-corrected chi connectivity index (χ1v) is 11.0. The predicted molar refractivity (Wildman–Crippen MR) is 103 cm³/mol. The van der Waals surface area contributed by atoms with Crippen molar-refractivity contribution in [3.8, 4) is 0 Å². The van der Waals surface area contributed by atoms with E-state index in [-0.39, 0.29) is 6.10 Å². The number of rotatable bonds is 17. The van der Waals surface area contributed by atoms with Crippen LogP contribution >= 0.6 is 0 Å². The number of ether oxygens (including phenoxy) is 3. The molecule has 0 saturated carbocycles. The maximum atomic E-state index is 5.97. The van der Waals surface area contributed by atoms with E-state index >= 15 is 0 Å². The summed E-state index contributed by atoms with van der Waals surface area (Å²) >= 11 is 0. The third-order valence-electron chi connectivity index (χ3n) is 4.38. The zero-order valence-electron chi connectivity index (χ0n) is 16.5. The van der Waals surface area contributed by atoms with Crippen molar-refractivity contribution < 1.29 is 14.2 Å². The van der Waals surface area contributed by atoms with Crippen LogP contribution in [-0.4, -0.2) is 41.6 Å². The highest BCUT2D eigenvalue weighted by Gasteiger charge is 2.35. The van der Waals surface area contributed by atoms with E-state index in [1.807, 2.05) is 13.8 Å². The van der Waals surface area contributed by atoms with Crippen LogP contribution in [0.2, 0.25) is 0 Å². The van der Waals surface area contributed by atoms with Gasteiger partial charge in [-0.25, -0.2) is 0 Å². The van der Waals surface area contributed by atoms with E-state index < -0.39 is 5.41 Å². The van der Waals surface area contributed by atoms with Crippen molar-refractivity contribution in [1.82, 2.24) is 0 Å². The van der Waals surface area contributed by atoms with E-state index in [4.69, 9.17) is 14.2 Å². The fourth-order valence-electron chi connectivity index (χ4n) is 3.14. The van der Waals surface area contributed by atoms with Gasteiger partial charge in [-0.3, -0.25) is 0 Å². The van der Waals surface area contributed by atoms with Crippen molar-refractivity contribution >= 4 is 10.2 Å². The summed E-state index contributed by atoms with van der Waals surface area (Å²) in [4.78, 5) is 0. The van der Waals surface area contributed by atoms with E-state index in [9.17, 15) is 0 Å². The molecule has 140 valence electrons. The van der Waals surface area contributed by atoms with Gasteiger partial charge in [0.05, 0.1) is 10.2 Å². The second-order valence-electron chi connectivity index (χ2n) is 6.44. The number of unbranched alkanes of at least 4 members (excludes halogenated alkanes) is 8. The molecule has 0 aromatic carbocycles. The van der Waals surface area contributed by atoms with Crippen molar-refractivity contribution in [3.63, 3.8) is 0 Å². The first kappa shape index (κ1) is 23.1. The normalized spacial score (nSPS) is 13.6. The Kier molecular flexibility index (Phi) is 15.7. The summed E-state index contributed by atoms with van der Waals surface area (Å²) in [5, 5.41) is 0. The monoisotopic (exact) mass is 346 g/mol. The van der Waals surface area contributed by atoms with Crippen LogP contribution in [0.4, 0.5) is 0 Å². The highest BCUT2D eigenvalue weighted by Crippen LogP contribution is 2.23. The Labute approximate surface area is 148 Å². The minimum absolute atomic E-state index is 0.0867. The highest BCUT2D eigenvalue weighted by atomic mass is 28.1. The van der Waals surface area contributed by atoms with Crippen LogP contribution in [0.15, 0.2) is 0 Å². The van der Waals surface area contributed by atoms with Crippen molar-refractivity contribution in [2.24, 2.45) is 0 Å². The molecule has 0 saturated heterocycles. The Morgan fingerprint density at radius 3 is 1.61 bits per heavy atom. The Morgan fingerprint density at radius 1 is 0.696 bits per heavy atom. The standard InChI is InChI=1S/C19H42O3Si/c1-5-9-10-11-12-13-14-15-16-17-18(20-6-2)19(23,21-7-3)22-8-4/h18H,5-17H2,1-4,23H3. The topological polar surface area (TPSA) is 27.7 Å². The van der Waals surface area contributed by atoms with Crippen LogP contribution in [0.1, 0.15) is 91.9 Å². The average molecular weight is 347 g/mol. The molecule has 0 N–H and O–H groups in total. The van der Waals surface area contributed by atoms with Crippen LogP contribution in [0.25, 0.3) is 0 Å². The molecule has 1 unspecified atom stereocenters. The van der Waals surface area contributed by atoms with Gasteiger partial charge < -0.3 is 14.2 Å². The lowest BCUT2D eigenvalue weighted by atomic mass is 10.0. The molecule has 0 fully saturated rings. The van der Waals surface area contributed by atoms with Crippen LogP contribution in [0, 0.1) is 0 Å². The van der Waals surface area contributed by atoms with E-state index in [1.165, 1.54) is 57.8 Å². The summed E-state index contributed by atoms with van der Waals surface area (Å²) < 4.78 is 17.8. The zero-order chi connectivity index (χ0) is 17.4. The molecule has 0 rings (SSSR count).